The zero-order valence-electron chi connectivity index (χ0n) is 11.7. The Morgan fingerprint density at radius 3 is 2.65 bits per heavy atom. The van der Waals surface area contributed by atoms with Gasteiger partial charge in [-0.05, 0) is 38.8 Å². The van der Waals surface area contributed by atoms with Crippen molar-refractivity contribution >= 4 is 17.6 Å². The first-order valence-electron chi connectivity index (χ1n) is 6.76. The van der Waals surface area contributed by atoms with Crippen molar-refractivity contribution in [2.24, 2.45) is 0 Å². The third-order valence-corrected chi connectivity index (χ3v) is 3.17. The number of nitrogens with one attached hydrogen (secondary N) is 1. The summed E-state index contributed by atoms with van der Waals surface area (Å²) in [5.41, 5.74) is 1.79. The van der Waals surface area contributed by atoms with E-state index in [-0.39, 0.29) is 5.91 Å². The lowest BCUT2D eigenvalue weighted by Gasteiger charge is -2.16. The predicted molar refractivity (Wildman–Crippen MR) is 74.3 cm³/mol. The van der Waals surface area contributed by atoms with Crippen LogP contribution in [0.2, 0.25) is 0 Å². The molecule has 1 heterocycles. The number of benzene rings is 1. The van der Waals surface area contributed by atoms with Crippen LogP contribution in [0.15, 0.2) is 24.3 Å². The topological polar surface area (TPSA) is 64.6 Å². The molecule has 20 heavy (non-hydrogen) atoms. The van der Waals surface area contributed by atoms with Crippen molar-refractivity contribution in [3.8, 4) is 0 Å². The van der Waals surface area contributed by atoms with Crippen molar-refractivity contribution in [1.29, 1.82) is 0 Å². The Bertz CT molecular complexity index is 477. The molecule has 0 aliphatic carbocycles. The third-order valence-electron chi connectivity index (χ3n) is 3.17. The van der Waals surface area contributed by atoms with Crippen molar-refractivity contribution < 1.29 is 19.1 Å². The molecule has 0 unspecified atom stereocenters. The zero-order valence-corrected chi connectivity index (χ0v) is 11.7. The fraction of sp³-hybridized carbons (Fsp3) is 0.467. The van der Waals surface area contributed by atoms with Crippen LogP contribution >= 0.6 is 0 Å². The molecule has 1 fully saturated rings. The molecule has 5 nitrogen and oxygen atoms in total. The molecule has 1 aromatic carbocycles. The molecule has 1 aromatic rings. The highest BCUT2D eigenvalue weighted by Crippen LogP contribution is 2.15. The minimum Gasteiger partial charge on any atom is -0.451 e. The highest BCUT2D eigenvalue weighted by atomic mass is 16.6. The van der Waals surface area contributed by atoms with Gasteiger partial charge in [0.15, 0.2) is 12.2 Å². The second-order valence-electron chi connectivity index (χ2n) is 4.94. The van der Waals surface area contributed by atoms with E-state index in [1.54, 1.807) is 6.92 Å². The Hall–Kier alpha value is -1.88. The number of carbonyl (C=O) groups excluding carboxylic acids is 2. The van der Waals surface area contributed by atoms with E-state index in [0.29, 0.717) is 18.7 Å². The van der Waals surface area contributed by atoms with Gasteiger partial charge in [-0.2, -0.15) is 0 Å². The van der Waals surface area contributed by atoms with Crippen molar-refractivity contribution in [3.63, 3.8) is 0 Å². The monoisotopic (exact) mass is 277 g/mol. The molecule has 108 valence electrons. The Labute approximate surface area is 118 Å². The number of hydrogen-bond donors (Lipinski definition) is 1. The fourth-order valence-corrected chi connectivity index (χ4v) is 1.95. The normalized spacial score (nSPS) is 19.4. The smallest absolute Gasteiger partial charge is 0.336 e. The van der Waals surface area contributed by atoms with Crippen LogP contribution < -0.4 is 5.32 Å². The number of amides is 1. The van der Waals surface area contributed by atoms with Gasteiger partial charge < -0.3 is 14.8 Å². The highest BCUT2D eigenvalue weighted by Gasteiger charge is 2.28. The van der Waals surface area contributed by atoms with Crippen LogP contribution in [0.25, 0.3) is 0 Å². The Morgan fingerprint density at radius 2 is 2.05 bits per heavy atom. The van der Waals surface area contributed by atoms with Gasteiger partial charge in [0.25, 0.3) is 5.91 Å². The average molecular weight is 277 g/mol. The molecule has 0 bridgehead atoms. The van der Waals surface area contributed by atoms with Crippen molar-refractivity contribution in [1.82, 2.24) is 0 Å². The summed E-state index contributed by atoms with van der Waals surface area (Å²) < 4.78 is 10.3. The molecule has 0 aromatic heterocycles. The molecule has 1 N–H and O–H groups in total. The van der Waals surface area contributed by atoms with E-state index in [9.17, 15) is 9.59 Å². The highest BCUT2D eigenvalue weighted by molar-refractivity contribution is 5.95. The summed E-state index contributed by atoms with van der Waals surface area (Å²) in [5.74, 6) is -0.811. The van der Waals surface area contributed by atoms with Gasteiger partial charge >= 0.3 is 5.97 Å². The molecule has 1 amide bonds. The van der Waals surface area contributed by atoms with Gasteiger partial charge in [0.05, 0.1) is 0 Å². The van der Waals surface area contributed by atoms with Crippen molar-refractivity contribution in [3.05, 3.63) is 29.8 Å². The average Bonchev–Trinajstić information content (AvgIpc) is 2.95. The Balaban J connectivity index is 1.85. The maximum Gasteiger partial charge on any atom is 0.336 e. The molecule has 2 atom stereocenters. The van der Waals surface area contributed by atoms with E-state index in [0.717, 1.165) is 12.0 Å². The third kappa shape index (κ3) is 3.81. The quantitative estimate of drug-likeness (QED) is 0.855. The summed E-state index contributed by atoms with van der Waals surface area (Å²) in [6.45, 7) is 4.09. The fourth-order valence-electron chi connectivity index (χ4n) is 1.95. The summed E-state index contributed by atoms with van der Waals surface area (Å²) >= 11 is 0. The Morgan fingerprint density at radius 1 is 1.35 bits per heavy atom. The molecule has 1 saturated heterocycles. The van der Waals surface area contributed by atoms with Gasteiger partial charge in [-0.25, -0.2) is 4.79 Å². The number of anilines is 1. The Kier molecular flexibility index (Phi) is 4.74. The molecule has 1 aliphatic heterocycles. The summed E-state index contributed by atoms with van der Waals surface area (Å²) in [7, 11) is 0. The second-order valence-corrected chi connectivity index (χ2v) is 4.94. The maximum absolute atomic E-state index is 11.9. The van der Waals surface area contributed by atoms with E-state index < -0.39 is 18.2 Å². The minimum absolute atomic E-state index is 0.347. The van der Waals surface area contributed by atoms with Crippen molar-refractivity contribution in [2.75, 3.05) is 11.9 Å². The molecule has 1 aliphatic rings. The first-order valence-corrected chi connectivity index (χ1v) is 6.76. The molecule has 0 radical (unpaired) electrons. The predicted octanol–water partition coefficient (Wildman–Crippen LogP) is 2.04. The number of ether oxygens (including phenoxy) is 2. The first kappa shape index (κ1) is 14.5. The largest absolute Gasteiger partial charge is 0.451 e. The van der Waals surface area contributed by atoms with Crippen LogP contribution in [0.3, 0.4) is 0 Å². The van der Waals surface area contributed by atoms with Crippen LogP contribution in [0.4, 0.5) is 5.69 Å². The summed E-state index contributed by atoms with van der Waals surface area (Å²) in [5, 5.41) is 2.71. The lowest BCUT2D eigenvalue weighted by Crippen LogP contribution is -2.33. The maximum atomic E-state index is 11.9. The molecule has 0 saturated carbocycles. The van der Waals surface area contributed by atoms with Gasteiger partial charge in [-0.1, -0.05) is 17.7 Å². The lowest BCUT2D eigenvalue weighted by atomic mass is 10.2. The van der Waals surface area contributed by atoms with E-state index in [1.807, 2.05) is 31.2 Å². The van der Waals surface area contributed by atoms with Gasteiger partial charge in [0, 0.05) is 12.3 Å². The van der Waals surface area contributed by atoms with Gasteiger partial charge in [-0.15, -0.1) is 0 Å². The van der Waals surface area contributed by atoms with E-state index >= 15 is 0 Å². The number of carbonyl (C=O) groups is 2. The first-order chi connectivity index (χ1) is 9.56. The number of esters is 1. The molecular weight excluding hydrogens is 258 g/mol. The van der Waals surface area contributed by atoms with Gasteiger partial charge in [-0.3, -0.25) is 4.79 Å². The summed E-state index contributed by atoms with van der Waals surface area (Å²) in [6.07, 6.45) is 0.145. The second kappa shape index (κ2) is 6.52. The summed E-state index contributed by atoms with van der Waals surface area (Å²) in [6, 6.07) is 7.42. The molecule has 0 spiro atoms. The standard InChI is InChI=1S/C15H19NO4/c1-10-5-7-12(8-6-10)16-14(17)11(2)20-15(18)13-4-3-9-19-13/h5-8,11,13H,3-4,9H2,1-2H3,(H,16,17)/t11-,13+/m0/s1. The number of hydrogen-bond acceptors (Lipinski definition) is 4. The van der Waals surface area contributed by atoms with Gasteiger partial charge in [0.2, 0.25) is 0 Å². The molecule has 2 rings (SSSR count). The summed E-state index contributed by atoms with van der Waals surface area (Å²) in [4.78, 5) is 23.6. The minimum atomic E-state index is -0.840. The van der Waals surface area contributed by atoms with E-state index in [4.69, 9.17) is 9.47 Å². The van der Waals surface area contributed by atoms with E-state index in [1.165, 1.54) is 0 Å². The van der Waals surface area contributed by atoms with Crippen LogP contribution in [-0.4, -0.2) is 30.7 Å². The van der Waals surface area contributed by atoms with Crippen LogP contribution in [0, 0.1) is 6.92 Å². The van der Waals surface area contributed by atoms with Crippen LogP contribution in [0.5, 0.6) is 0 Å². The van der Waals surface area contributed by atoms with Crippen molar-refractivity contribution in [2.45, 2.75) is 38.9 Å². The zero-order chi connectivity index (χ0) is 14.5. The molecular formula is C15H19NO4. The number of aryl methyl sites for hydroxylation is 1. The SMILES string of the molecule is Cc1ccc(NC(=O)[C@H](C)OC(=O)[C@H]2CCCO2)cc1. The van der Waals surface area contributed by atoms with Gasteiger partial charge in [0.1, 0.15) is 0 Å². The van der Waals surface area contributed by atoms with E-state index in [2.05, 4.69) is 5.32 Å². The van der Waals surface area contributed by atoms with Crippen LogP contribution in [-0.2, 0) is 19.1 Å². The lowest BCUT2D eigenvalue weighted by molar-refractivity contribution is -0.162. The van der Waals surface area contributed by atoms with Crippen LogP contribution in [0.1, 0.15) is 25.3 Å². The number of rotatable bonds is 4. The molecule has 5 heteroatoms.